The van der Waals surface area contributed by atoms with E-state index in [4.69, 9.17) is 0 Å². The number of imide groups is 1. The first kappa shape index (κ1) is 21.3. The van der Waals surface area contributed by atoms with Crippen LogP contribution in [0.25, 0.3) is 0 Å². The summed E-state index contributed by atoms with van der Waals surface area (Å²) < 4.78 is 40.8. The molecule has 1 saturated heterocycles. The van der Waals surface area contributed by atoms with Gasteiger partial charge in [-0.25, -0.2) is 0 Å². The van der Waals surface area contributed by atoms with Crippen molar-refractivity contribution in [1.29, 1.82) is 0 Å². The summed E-state index contributed by atoms with van der Waals surface area (Å²) in [4.78, 5) is 38.0. The molecule has 158 valence electrons. The SMILES string of the molecule is O=C(CN1C(=O)C2CCCCC2C1=O)NCc1ccc(COCC(F)(F)F)cc1. The van der Waals surface area contributed by atoms with Gasteiger partial charge in [0.25, 0.3) is 0 Å². The number of benzene rings is 1. The fraction of sp³-hybridized carbons (Fsp3) is 0.550. The van der Waals surface area contributed by atoms with Gasteiger partial charge in [0.05, 0.1) is 18.4 Å². The highest BCUT2D eigenvalue weighted by atomic mass is 19.4. The minimum absolute atomic E-state index is 0.159. The van der Waals surface area contributed by atoms with Crippen LogP contribution in [0.3, 0.4) is 0 Å². The Bertz CT molecular complexity index is 740. The molecule has 1 aliphatic heterocycles. The largest absolute Gasteiger partial charge is 0.411 e. The lowest BCUT2D eigenvalue weighted by molar-refractivity contribution is -0.176. The Hall–Kier alpha value is -2.42. The number of hydrogen-bond donors (Lipinski definition) is 1. The number of likely N-dealkylation sites (tertiary alicyclic amines) is 1. The summed E-state index contributed by atoms with van der Waals surface area (Å²) in [7, 11) is 0. The molecule has 0 radical (unpaired) electrons. The van der Waals surface area contributed by atoms with Crippen molar-refractivity contribution in [3.63, 3.8) is 0 Å². The van der Waals surface area contributed by atoms with Gasteiger partial charge in [0.1, 0.15) is 13.2 Å². The molecular weight excluding hydrogens is 389 g/mol. The highest BCUT2D eigenvalue weighted by Crippen LogP contribution is 2.37. The number of carbonyl (C=O) groups excluding carboxylic acids is 3. The van der Waals surface area contributed by atoms with Crippen LogP contribution < -0.4 is 5.32 Å². The van der Waals surface area contributed by atoms with Gasteiger partial charge in [-0.1, -0.05) is 37.1 Å². The van der Waals surface area contributed by atoms with E-state index >= 15 is 0 Å². The van der Waals surface area contributed by atoms with Crippen molar-refractivity contribution in [2.24, 2.45) is 11.8 Å². The summed E-state index contributed by atoms with van der Waals surface area (Å²) in [6.07, 6.45) is -1.10. The van der Waals surface area contributed by atoms with Crippen molar-refractivity contribution >= 4 is 17.7 Å². The summed E-state index contributed by atoms with van der Waals surface area (Å²) in [5.74, 6) is -1.49. The van der Waals surface area contributed by atoms with Gasteiger partial charge >= 0.3 is 6.18 Å². The number of nitrogens with zero attached hydrogens (tertiary/aromatic N) is 1. The fourth-order valence-electron chi connectivity index (χ4n) is 3.82. The molecule has 1 heterocycles. The van der Waals surface area contributed by atoms with Crippen molar-refractivity contribution in [2.45, 2.75) is 45.0 Å². The zero-order valence-corrected chi connectivity index (χ0v) is 15.8. The maximum Gasteiger partial charge on any atom is 0.411 e. The minimum atomic E-state index is -4.36. The van der Waals surface area contributed by atoms with Crippen molar-refractivity contribution in [3.8, 4) is 0 Å². The number of amides is 3. The third-order valence-corrected chi connectivity index (χ3v) is 5.28. The number of nitrogens with one attached hydrogen (secondary N) is 1. The van der Waals surface area contributed by atoms with Crippen LogP contribution in [-0.4, -0.2) is 41.9 Å². The normalized spacial score (nSPS) is 22.0. The molecule has 1 aromatic carbocycles. The lowest BCUT2D eigenvalue weighted by atomic mass is 9.81. The predicted molar refractivity (Wildman–Crippen MR) is 96.2 cm³/mol. The Morgan fingerprint density at radius 3 is 2.14 bits per heavy atom. The van der Waals surface area contributed by atoms with Gasteiger partial charge in [-0.05, 0) is 24.0 Å². The van der Waals surface area contributed by atoms with Gasteiger partial charge in [0.15, 0.2) is 0 Å². The van der Waals surface area contributed by atoms with Crippen LogP contribution in [0.4, 0.5) is 13.2 Å². The lowest BCUT2D eigenvalue weighted by Gasteiger charge is -2.19. The Morgan fingerprint density at radius 2 is 1.59 bits per heavy atom. The Morgan fingerprint density at radius 1 is 1.03 bits per heavy atom. The second kappa shape index (κ2) is 8.94. The van der Waals surface area contributed by atoms with Gasteiger partial charge < -0.3 is 10.1 Å². The maximum absolute atomic E-state index is 12.4. The fourth-order valence-corrected chi connectivity index (χ4v) is 3.82. The molecule has 2 aliphatic rings. The second-order valence-corrected chi connectivity index (χ2v) is 7.46. The van der Waals surface area contributed by atoms with Crippen LogP contribution >= 0.6 is 0 Å². The monoisotopic (exact) mass is 412 g/mol. The van der Waals surface area contributed by atoms with Crippen molar-refractivity contribution in [1.82, 2.24) is 10.2 Å². The Labute approximate surface area is 166 Å². The average Bonchev–Trinajstić information content (AvgIpc) is 2.92. The van der Waals surface area contributed by atoms with Crippen LogP contribution in [0.5, 0.6) is 0 Å². The summed E-state index contributed by atoms with van der Waals surface area (Å²) in [5, 5.41) is 2.67. The van der Waals surface area contributed by atoms with E-state index in [9.17, 15) is 27.6 Å². The quantitative estimate of drug-likeness (QED) is 0.699. The molecule has 0 bridgehead atoms. The van der Waals surface area contributed by atoms with Gasteiger partial charge in [-0.2, -0.15) is 13.2 Å². The molecule has 9 heteroatoms. The number of rotatable bonds is 7. The summed E-state index contributed by atoms with van der Waals surface area (Å²) in [5.41, 5.74) is 1.32. The molecule has 1 aliphatic carbocycles. The van der Waals surface area contributed by atoms with E-state index in [0.29, 0.717) is 18.4 Å². The molecule has 0 aromatic heterocycles. The zero-order valence-electron chi connectivity index (χ0n) is 15.8. The first-order valence-corrected chi connectivity index (χ1v) is 9.59. The van der Waals surface area contributed by atoms with Crippen molar-refractivity contribution in [3.05, 3.63) is 35.4 Å². The maximum atomic E-state index is 12.4. The summed E-state index contributed by atoms with van der Waals surface area (Å²) in [6, 6.07) is 6.59. The molecule has 3 amide bonds. The number of alkyl halides is 3. The van der Waals surface area contributed by atoms with Gasteiger partial charge in [0.2, 0.25) is 17.7 Å². The third-order valence-electron chi connectivity index (χ3n) is 5.28. The van der Waals surface area contributed by atoms with Gasteiger partial charge in [-0.3, -0.25) is 19.3 Å². The second-order valence-electron chi connectivity index (χ2n) is 7.46. The van der Waals surface area contributed by atoms with Crippen molar-refractivity contribution < 1.29 is 32.3 Å². The number of ether oxygens (including phenoxy) is 1. The standard InChI is InChI=1S/C20H23F3N2O4/c21-20(22,23)12-29-11-14-7-5-13(6-8-14)9-24-17(26)10-25-18(27)15-3-1-2-4-16(15)19(25)28/h5-8,15-16H,1-4,9-12H2,(H,24,26). The number of halogens is 3. The van der Waals surface area contributed by atoms with Crippen molar-refractivity contribution in [2.75, 3.05) is 13.2 Å². The van der Waals surface area contributed by atoms with Crippen LogP contribution in [0, 0.1) is 11.8 Å². The molecule has 2 fully saturated rings. The molecule has 2 unspecified atom stereocenters. The highest BCUT2D eigenvalue weighted by molar-refractivity contribution is 6.07. The highest BCUT2D eigenvalue weighted by Gasteiger charge is 2.48. The number of carbonyl (C=O) groups is 3. The number of hydrogen-bond acceptors (Lipinski definition) is 4. The molecule has 1 aromatic rings. The molecule has 1 N–H and O–H groups in total. The Balaban J connectivity index is 1.44. The van der Waals surface area contributed by atoms with E-state index in [2.05, 4.69) is 10.1 Å². The van der Waals surface area contributed by atoms with Gasteiger partial charge in [0, 0.05) is 6.54 Å². The van der Waals surface area contributed by atoms with E-state index < -0.39 is 18.7 Å². The first-order chi connectivity index (χ1) is 13.7. The molecule has 0 spiro atoms. The smallest absolute Gasteiger partial charge is 0.367 e. The minimum Gasteiger partial charge on any atom is -0.367 e. The predicted octanol–water partition coefficient (Wildman–Crippen LogP) is 2.56. The van der Waals surface area contributed by atoms with Crippen LogP contribution in [0.2, 0.25) is 0 Å². The first-order valence-electron chi connectivity index (χ1n) is 9.59. The summed E-state index contributed by atoms with van der Waals surface area (Å²) in [6.45, 7) is -1.56. The zero-order chi connectivity index (χ0) is 21.0. The molecule has 29 heavy (non-hydrogen) atoms. The molecule has 6 nitrogen and oxygen atoms in total. The summed E-state index contributed by atoms with van der Waals surface area (Å²) >= 11 is 0. The van der Waals surface area contributed by atoms with E-state index in [-0.39, 0.29) is 43.3 Å². The van der Waals surface area contributed by atoms with E-state index in [1.54, 1.807) is 24.3 Å². The van der Waals surface area contributed by atoms with Crippen LogP contribution in [0.1, 0.15) is 36.8 Å². The van der Waals surface area contributed by atoms with Crippen LogP contribution in [0.15, 0.2) is 24.3 Å². The van der Waals surface area contributed by atoms with Crippen LogP contribution in [-0.2, 0) is 32.3 Å². The van der Waals surface area contributed by atoms with E-state index in [0.717, 1.165) is 23.3 Å². The molecule has 1 saturated carbocycles. The Kier molecular flexibility index (Phi) is 6.56. The third kappa shape index (κ3) is 5.56. The molecule has 2 atom stereocenters. The molecular formula is C20H23F3N2O4. The van der Waals surface area contributed by atoms with E-state index in [1.807, 2.05) is 0 Å². The molecule has 3 rings (SSSR count). The van der Waals surface area contributed by atoms with E-state index in [1.165, 1.54) is 0 Å². The topological polar surface area (TPSA) is 75.7 Å². The van der Waals surface area contributed by atoms with Gasteiger partial charge in [-0.15, -0.1) is 0 Å². The number of fused-ring (bicyclic) bond motifs is 1. The lowest BCUT2D eigenvalue weighted by Crippen LogP contribution is -2.40. The average molecular weight is 412 g/mol.